The number of nitrogen functional groups attached to an aromatic ring is 1. The van der Waals surface area contributed by atoms with E-state index in [0.717, 1.165) is 0 Å². The van der Waals surface area contributed by atoms with Crippen molar-refractivity contribution in [1.82, 2.24) is 4.98 Å². The number of nitrogens with zero attached hydrogens (tertiary/aromatic N) is 1. The SMILES string of the molecule is Nc1cnc(C(=O)c2ccc(Cl)cc2)s1. The van der Waals surface area contributed by atoms with Gasteiger partial charge in [-0.05, 0) is 24.3 Å². The summed E-state index contributed by atoms with van der Waals surface area (Å²) in [5.74, 6) is -0.131. The lowest BCUT2D eigenvalue weighted by molar-refractivity contribution is 0.103. The van der Waals surface area contributed by atoms with Gasteiger partial charge >= 0.3 is 0 Å². The van der Waals surface area contributed by atoms with Crippen molar-refractivity contribution in [3.8, 4) is 0 Å². The van der Waals surface area contributed by atoms with Gasteiger partial charge in [-0.3, -0.25) is 4.79 Å². The van der Waals surface area contributed by atoms with Crippen molar-refractivity contribution in [2.75, 3.05) is 5.73 Å². The molecular weight excluding hydrogens is 232 g/mol. The normalized spacial score (nSPS) is 10.2. The Morgan fingerprint density at radius 2 is 2.00 bits per heavy atom. The van der Waals surface area contributed by atoms with Gasteiger partial charge in [-0.1, -0.05) is 22.9 Å². The molecule has 1 aromatic heterocycles. The summed E-state index contributed by atoms with van der Waals surface area (Å²) in [6.07, 6.45) is 1.48. The second-order valence-electron chi connectivity index (χ2n) is 2.90. The zero-order valence-electron chi connectivity index (χ0n) is 7.61. The zero-order chi connectivity index (χ0) is 10.8. The molecule has 5 heteroatoms. The molecule has 0 fully saturated rings. The monoisotopic (exact) mass is 238 g/mol. The summed E-state index contributed by atoms with van der Waals surface area (Å²) in [5, 5.41) is 1.53. The van der Waals surface area contributed by atoms with Crippen molar-refractivity contribution in [2.24, 2.45) is 0 Å². The molecule has 0 saturated carbocycles. The van der Waals surface area contributed by atoms with E-state index < -0.39 is 0 Å². The minimum Gasteiger partial charge on any atom is -0.389 e. The first-order valence-corrected chi connectivity index (χ1v) is 5.38. The highest BCUT2D eigenvalue weighted by Crippen LogP contribution is 2.19. The van der Waals surface area contributed by atoms with Crippen molar-refractivity contribution >= 4 is 33.7 Å². The Bertz CT molecular complexity index is 492. The van der Waals surface area contributed by atoms with E-state index in [4.69, 9.17) is 17.3 Å². The van der Waals surface area contributed by atoms with Gasteiger partial charge in [-0.15, -0.1) is 0 Å². The Kier molecular flexibility index (Phi) is 2.70. The fourth-order valence-electron chi connectivity index (χ4n) is 1.12. The van der Waals surface area contributed by atoms with Gasteiger partial charge < -0.3 is 5.73 Å². The molecule has 0 bridgehead atoms. The van der Waals surface area contributed by atoms with Crippen LogP contribution in [-0.2, 0) is 0 Å². The van der Waals surface area contributed by atoms with Crippen LogP contribution in [0.25, 0.3) is 0 Å². The molecule has 1 aromatic carbocycles. The molecule has 0 unspecified atom stereocenters. The van der Waals surface area contributed by atoms with Gasteiger partial charge in [-0.25, -0.2) is 4.98 Å². The van der Waals surface area contributed by atoms with Crippen LogP contribution in [-0.4, -0.2) is 10.8 Å². The number of anilines is 1. The summed E-state index contributed by atoms with van der Waals surface area (Å²) in [7, 11) is 0. The van der Waals surface area contributed by atoms with E-state index in [-0.39, 0.29) is 5.78 Å². The van der Waals surface area contributed by atoms with E-state index >= 15 is 0 Å². The molecular formula is C10H7ClN2OS. The van der Waals surface area contributed by atoms with Crippen molar-refractivity contribution < 1.29 is 4.79 Å². The third-order valence-electron chi connectivity index (χ3n) is 1.82. The number of nitrogens with two attached hydrogens (primary N) is 1. The van der Waals surface area contributed by atoms with Crippen molar-refractivity contribution in [3.05, 3.63) is 46.1 Å². The van der Waals surface area contributed by atoms with Crippen LogP contribution in [0.4, 0.5) is 5.00 Å². The van der Waals surface area contributed by atoms with E-state index in [2.05, 4.69) is 4.98 Å². The summed E-state index contributed by atoms with van der Waals surface area (Å²) in [5.41, 5.74) is 6.06. The minimum atomic E-state index is -0.131. The quantitative estimate of drug-likeness (QED) is 0.819. The van der Waals surface area contributed by atoms with Gasteiger partial charge in [0.1, 0.15) is 5.00 Å². The Morgan fingerprint density at radius 3 is 2.53 bits per heavy atom. The Morgan fingerprint density at radius 1 is 1.33 bits per heavy atom. The van der Waals surface area contributed by atoms with E-state index in [0.29, 0.717) is 20.6 Å². The highest BCUT2D eigenvalue weighted by atomic mass is 35.5. The van der Waals surface area contributed by atoms with Gasteiger partial charge in [0.15, 0.2) is 5.01 Å². The standard InChI is InChI=1S/C10H7ClN2OS/c11-7-3-1-6(2-4-7)9(14)10-13-5-8(12)15-10/h1-5H,12H2. The average Bonchev–Trinajstić information content (AvgIpc) is 2.65. The number of hydrogen-bond donors (Lipinski definition) is 1. The molecule has 2 rings (SSSR count). The number of hydrogen-bond acceptors (Lipinski definition) is 4. The summed E-state index contributed by atoms with van der Waals surface area (Å²) in [6, 6.07) is 6.68. The molecule has 2 N–H and O–H groups in total. The molecule has 0 aliphatic carbocycles. The van der Waals surface area contributed by atoms with Crippen LogP contribution in [0.15, 0.2) is 30.5 Å². The molecule has 76 valence electrons. The molecule has 3 nitrogen and oxygen atoms in total. The molecule has 0 atom stereocenters. The smallest absolute Gasteiger partial charge is 0.221 e. The predicted molar refractivity (Wildman–Crippen MR) is 61.4 cm³/mol. The number of carbonyl (C=O) groups is 1. The topological polar surface area (TPSA) is 56.0 Å². The number of benzene rings is 1. The van der Waals surface area contributed by atoms with Gasteiger partial charge in [0.2, 0.25) is 5.78 Å². The van der Waals surface area contributed by atoms with Crippen LogP contribution in [0.3, 0.4) is 0 Å². The average molecular weight is 239 g/mol. The number of carbonyl (C=O) groups excluding carboxylic acids is 1. The summed E-state index contributed by atoms with van der Waals surface area (Å²) in [4.78, 5) is 15.7. The highest BCUT2D eigenvalue weighted by molar-refractivity contribution is 7.17. The van der Waals surface area contributed by atoms with Gasteiger partial charge in [0, 0.05) is 10.6 Å². The third kappa shape index (κ3) is 2.16. The van der Waals surface area contributed by atoms with E-state index in [1.807, 2.05) is 0 Å². The maximum absolute atomic E-state index is 11.8. The van der Waals surface area contributed by atoms with Crippen LogP contribution in [0.5, 0.6) is 0 Å². The van der Waals surface area contributed by atoms with Crippen LogP contribution in [0.1, 0.15) is 15.4 Å². The third-order valence-corrected chi connectivity index (χ3v) is 2.90. The van der Waals surface area contributed by atoms with Crippen molar-refractivity contribution in [3.63, 3.8) is 0 Å². The summed E-state index contributed by atoms with van der Waals surface area (Å²) in [6.45, 7) is 0. The zero-order valence-corrected chi connectivity index (χ0v) is 9.18. The molecule has 0 spiro atoms. The molecule has 2 aromatic rings. The maximum Gasteiger partial charge on any atom is 0.221 e. The molecule has 0 amide bonds. The Balaban J connectivity index is 2.32. The van der Waals surface area contributed by atoms with Crippen LogP contribution < -0.4 is 5.73 Å². The number of halogens is 1. The lowest BCUT2D eigenvalue weighted by Crippen LogP contribution is -1.99. The Labute approximate surface area is 95.5 Å². The summed E-state index contributed by atoms with van der Waals surface area (Å²) >= 11 is 6.90. The van der Waals surface area contributed by atoms with Crippen molar-refractivity contribution in [1.29, 1.82) is 0 Å². The molecule has 1 heterocycles. The second kappa shape index (κ2) is 4.00. The first-order valence-electron chi connectivity index (χ1n) is 4.18. The predicted octanol–water partition coefficient (Wildman–Crippen LogP) is 2.61. The fourth-order valence-corrected chi connectivity index (χ4v) is 1.89. The maximum atomic E-state index is 11.8. The Hall–Kier alpha value is -1.39. The molecule has 0 aliphatic heterocycles. The lowest BCUT2D eigenvalue weighted by atomic mass is 10.1. The van der Waals surface area contributed by atoms with Crippen LogP contribution in [0.2, 0.25) is 5.02 Å². The first-order chi connectivity index (χ1) is 7.16. The number of aromatic nitrogens is 1. The highest BCUT2D eigenvalue weighted by Gasteiger charge is 2.12. The number of thiazole rings is 1. The van der Waals surface area contributed by atoms with Crippen LogP contribution in [0, 0.1) is 0 Å². The molecule has 0 aliphatic rings. The summed E-state index contributed by atoms with van der Waals surface area (Å²) < 4.78 is 0. The largest absolute Gasteiger partial charge is 0.389 e. The number of rotatable bonds is 2. The van der Waals surface area contributed by atoms with Gasteiger partial charge in [0.25, 0.3) is 0 Å². The van der Waals surface area contributed by atoms with Crippen LogP contribution >= 0.6 is 22.9 Å². The second-order valence-corrected chi connectivity index (χ2v) is 4.40. The molecule has 0 radical (unpaired) electrons. The van der Waals surface area contributed by atoms with E-state index in [1.165, 1.54) is 17.5 Å². The van der Waals surface area contributed by atoms with Crippen molar-refractivity contribution in [2.45, 2.75) is 0 Å². The molecule has 0 saturated heterocycles. The molecule has 15 heavy (non-hydrogen) atoms. The van der Waals surface area contributed by atoms with E-state index in [9.17, 15) is 4.79 Å². The lowest BCUT2D eigenvalue weighted by Gasteiger charge is -1.96. The fraction of sp³-hybridized carbons (Fsp3) is 0. The van der Waals surface area contributed by atoms with Gasteiger partial charge in [-0.2, -0.15) is 0 Å². The minimum absolute atomic E-state index is 0.131. The number of ketones is 1. The first kappa shape index (κ1) is 10.1. The van der Waals surface area contributed by atoms with E-state index in [1.54, 1.807) is 24.3 Å². The van der Waals surface area contributed by atoms with Gasteiger partial charge in [0.05, 0.1) is 6.20 Å².